The van der Waals surface area contributed by atoms with Crippen molar-refractivity contribution < 1.29 is 38.1 Å². The summed E-state index contributed by atoms with van der Waals surface area (Å²) in [4.78, 5) is 38.3. The van der Waals surface area contributed by atoms with Crippen LogP contribution in [0.25, 0.3) is 0 Å². The van der Waals surface area contributed by atoms with E-state index in [1.54, 1.807) is 18.2 Å². The maximum Gasteiger partial charge on any atom is 0.459 e. The van der Waals surface area contributed by atoms with Crippen molar-refractivity contribution in [3.05, 3.63) is 63.4 Å². The lowest BCUT2D eigenvalue weighted by molar-refractivity contribution is -0.151. The molecule has 6 unspecified atom stereocenters. The Kier molecular flexibility index (Phi) is 9.90. The number of nitrogens with zero attached hydrogens (tertiary/aromatic N) is 1. The number of H-pyrrole nitrogens is 1. The molecule has 0 aliphatic carbocycles. The number of hydrogen-bond donors (Lipinski definition) is 4. The van der Waals surface area contributed by atoms with Gasteiger partial charge in [-0.05, 0) is 31.9 Å². The molecule has 1 saturated heterocycles. The van der Waals surface area contributed by atoms with E-state index in [1.807, 2.05) is 24.8 Å². The van der Waals surface area contributed by atoms with E-state index in [9.17, 15) is 29.2 Å². The molecule has 4 N–H and O–H groups in total. The van der Waals surface area contributed by atoms with Crippen LogP contribution in [0.4, 0.5) is 0 Å². The van der Waals surface area contributed by atoms with Gasteiger partial charge in [0.05, 0.1) is 6.61 Å². The van der Waals surface area contributed by atoms with Crippen molar-refractivity contribution in [2.45, 2.75) is 69.8 Å². The predicted molar refractivity (Wildman–Crippen MR) is 139 cm³/mol. The number of carbonyl (C=O) groups is 1. The molecular formula is C25H32N3O10P. The molecule has 13 nitrogen and oxygen atoms in total. The van der Waals surface area contributed by atoms with E-state index < -0.39 is 61.7 Å². The van der Waals surface area contributed by atoms with Crippen molar-refractivity contribution in [3.8, 4) is 18.1 Å². The molecule has 1 aliphatic rings. The number of ether oxygens (including phenoxy) is 2. The summed E-state index contributed by atoms with van der Waals surface area (Å²) in [5, 5.41) is 24.3. The molecule has 1 aromatic carbocycles. The highest BCUT2D eigenvalue weighted by molar-refractivity contribution is 7.52. The molecule has 0 saturated carbocycles. The highest BCUT2D eigenvalue weighted by Gasteiger charge is 2.56. The van der Waals surface area contributed by atoms with Crippen molar-refractivity contribution in [2.75, 3.05) is 6.61 Å². The number of benzene rings is 1. The normalized spacial score (nSPS) is 25.0. The molecule has 2 aromatic rings. The highest BCUT2D eigenvalue weighted by Crippen LogP contribution is 2.46. The SMILES string of the molecule is C#CC1(O)C(O)C(COP(=O)(NC(C)C(=O)OC(CC)CC)Oc2ccccc2)OC1n1ccc(=O)[nH]c1=O. The fourth-order valence-electron chi connectivity index (χ4n) is 3.84. The second-order valence-electron chi connectivity index (χ2n) is 8.88. The molecule has 212 valence electrons. The summed E-state index contributed by atoms with van der Waals surface area (Å²) in [6.45, 7) is 4.51. The van der Waals surface area contributed by atoms with Gasteiger partial charge in [0.2, 0.25) is 0 Å². The molecule has 14 heteroatoms. The maximum atomic E-state index is 13.8. The number of aromatic amines is 1. The Hall–Kier alpha value is -3.24. The van der Waals surface area contributed by atoms with Crippen molar-refractivity contribution in [2.24, 2.45) is 0 Å². The van der Waals surface area contributed by atoms with E-state index in [4.69, 9.17) is 24.9 Å². The van der Waals surface area contributed by atoms with E-state index in [0.717, 1.165) is 16.8 Å². The molecule has 0 spiro atoms. The number of esters is 1. The lowest BCUT2D eigenvalue weighted by Gasteiger charge is -2.26. The number of hydrogen-bond acceptors (Lipinski definition) is 10. The van der Waals surface area contributed by atoms with E-state index in [-0.39, 0.29) is 11.9 Å². The standard InChI is InChI=1S/C25H32N3O10P/c1-5-17(6-2)36-22(31)16(4)27-39(34,38-18-11-9-8-10-12-18)35-15-19-21(30)25(33,7-3)23(37-19)28-14-13-20(29)26-24(28)32/h3,8-14,16-17,19,21,23,30,33H,5-6,15H2,1-2,4H3,(H,27,34)(H,26,29,32). The molecule has 1 fully saturated rings. The highest BCUT2D eigenvalue weighted by atomic mass is 31.2. The Bertz CT molecular complexity index is 1340. The van der Waals surface area contributed by atoms with Gasteiger partial charge in [0.15, 0.2) is 11.8 Å². The third-order valence-electron chi connectivity index (χ3n) is 6.09. The van der Waals surface area contributed by atoms with Crippen molar-refractivity contribution >= 4 is 13.7 Å². The first kappa shape index (κ1) is 30.3. The topological polar surface area (TPSA) is 178 Å². The zero-order chi connectivity index (χ0) is 28.8. The Morgan fingerprint density at radius 1 is 1.28 bits per heavy atom. The number of para-hydroxylation sites is 1. The smallest absolute Gasteiger partial charge is 0.459 e. The van der Waals surface area contributed by atoms with Crippen LogP contribution in [0.5, 0.6) is 5.75 Å². The van der Waals surface area contributed by atoms with Gasteiger partial charge >= 0.3 is 19.4 Å². The van der Waals surface area contributed by atoms with Crippen molar-refractivity contribution in [1.82, 2.24) is 14.6 Å². The van der Waals surface area contributed by atoms with Gasteiger partial charge in [0, 0.05) is 12.3 Å². The average molecular weight is 566 g/mol. The van der Waals surface area contributed by atoms with Crippen LogP contribution >= 0.6 is 7.75 Å². The fourth-order valence-corrected chi connectivity index (χ4v) is 5.35. The Morgan fingerprint density at radius 3 is 2.54 bits per heavy atom. The summed E-state index contributed by atoms with van der Waals surface area (Å²) in [6.07, 6.45) is 2.54. The molecule has 39 heavy (non-hydrogen) atoms. The first-order chi connectivity index (χ1) is 18.5. The third kappa shape index (κ3) is 7.05. The first-order valence-electron chi connectivity index (χ1n) is 12.3. The molecule has 0 bridgehead atoms. The first-order valence-corrected chi connectivity index (χ1v) is 13.8. The van der Waals surface area contributed by atoms with Crippen LogP contribution in [0.3, 0.4) is 0 Å². The average Bonchev–Trinajstić information content (AvgIpc) is 3.16. The van der Waals surface area contributed by atoms with E-state index >= 15 is 0 Å². The number of terminal acetylenes is 1. The van der Waals surface area contributed by atoms with Gasteiger partial charge in [-0.15, -0.1) is 6.42 Å². The molecule has 0 amide bonds. The largest absolute Gasteiger partial charge is 0.461 e. The Balaban J connectivity index is 1.82. The molecule has 3 rings (SSSR count). The number of aromatic nitrogens is 2. The summed E-state index contributed by atoms with van der Waals surface area (Å²) in [5.74, 6) is 1.49. The molecule has 1 aliphatic heterocycles. The zero-order valence-electron chi connectivity index (χ0n) is 21.7. The van der Waals surface area contributed by atoms with E-state index in [2.05, 4.69) is 5.09 Å². The monoisotopic (exact) mass is 565 g/mol. The summed E-state index contributed by atoms with van der Waals surface area (Å²) >= 11 is 0. The minimum absolute atomic E-state index is 0.152. The lowest BCUT2D eigenvalue weighted by Crippen LogP contribution is -2.48. The van der Waals surface area contributed by atoms with Crippen LogP contribution in [0, 0.1) is 12.3 Å². The minimum Gasteiger partial charge on any atom is -0.461 e. The lowest BCUT2D eigenvalue weighted by atomic mass is 9.95. The van der Waals surface area contributed by atoms with Crippen molar-refractivity contribution in [1.29, 1.82) is 0 Å². The van der Waals surface area contributed by atoms with Crippen LogP contribution in [-0.2, 0) is 23.4 Å². The fraction of sp³-hybridized carbons (Fsp3) is 0.480. The van der Waals surface area contributed by atoms with Gasteiger partial charge in [0.1, 0.15) is 30.1 Å². The van der Waals surface area contributed by atoms with Gasteiger partial charge in [-0.25, -0.2) is 9.36 Å². The second-order valence-corrected chi connectivity index (χ2v) is 10.6. The number of rotatable bonds is 12. The summed E-state index contributed by atoms with van der Waals surface area (Å²) in [7, 11) is -4.34. The van der Waals surface area contributed by atoms with Gasteiger partial charge in [-0.3, -0.25) is 23.7 Å². The van der Waals surface area contributed by atoms with Gasteiger partial charge in [0.25, 0.3) is 5.56 Å². The van der Waals surface area contributed by atoms with Crippen LogP contribution < -0.4 is 20.9 Å². The number of aliphatic hydroxyl groups is 2. The van der Waals surface area contributed by atoms with Crippen molar-refractivity contribution in [3.63, 3.8) is 0 Å². The van der Waals surface area contributed by atoms with E-state index in [0.29, 0.717) is 12.8 Å². The van der Waals surface area contributed by atoms with Crippen LogP contribution in [-0.4, -0.2) is 62.3 Å². The summed E-state index contributed by atoms with van der Waals surface area (Å²) in [6, 6.07) is 7.89. The number of carbonyl (C=O) groups excluding carboxylic acids is 1. The molecular weight excluding hydrogens is 533 g/mol. The maximum absolute atomic E-state index is 13.8. The zero-order valence-corrected chi connectivity index (χ0v) is 22.6. The van der Waals surface area contributed by atoms with E-state index in [1.165, 1.54) is 19.1 Å². The molecule has 2 heterocycles. The molecule has 1 aromatic heterocycles. The van der Waals surface area contributed by atoms with Gasteiger partial charge < -0.3 is 24.2 Å². The van der Waals surface area contributed by atoms with Gasteiger partial charge in [-0.1, -0.05) is 38.0 Å². The van der Waals surface area contributed by atoms with Crippen LogP contribution in [0.2, 0.25) is 0 Å². The summed E-state index contributed by atoms with van der Waals surface area (Å²) < 4.78 is 36.7. The molecule has 0 radical (unpaired) electrons. The van der Waals surface area contributed by atoms with Gasteiger partial charge in [-0.2, -0.15) is 5.09 Å². The Labute approximate surface area is 224 Å². The minimum atomic E-state index is -4.34. The predicted octanol–water partition coefficient (Wildman–Crippen LogP) is 1.07. The third-order valence-corrected chi connectivity index (χ3v) is 7.74. The second kappa shape index (κ2) is 12.7. The number of nitrogens with one attached hydrogen (secondary N) is 2. The quantitative estimate of drug-likeness (QED) is 0.164. The Morgan fingerprint density at radius 2 is 1.95 bits per heavy atom. The summed E-state index contributed by atoms with van der Waals surface area (Å²) in [5.41, 5.74) is -4.06. The van der Waals surface area contributed by atoms with Crippen LogP contribution in [0.15, 0.2) is 52.2 Å². The van der Waals surface area contributed by atoms with Crippen LogP contribution in [0.1, 0.15) is 39.8 Å². The molecule has 6 atom stereocenters. The number of aliphatic hydroxyl groups excluding tert-OH is 1.